The molecule has 0 spiro atoms. The first-order valence-corrected chi connectivity index (χ1v) is 5.90. The second kappa shape index (κ2) is 7.92. The molecule has 1 rings (SSSR count). The average Bonchev–Trinajstić information content (AvgIpc) is 2.34. The number of nitrogens with one attached hydrogen (secondary N) is 1. The molecule has 3 N–H and O–H groups in total. The molecule has 0 aliphatic carbocycles. The van der Waals surface area contributed by atoms with Crippen molar-refractivity contribution in [2.45, 2.75) is 12.8 Å². The molecule has 1 aromatic carbocycles. The van der Waals surface area contributed by atoms with E-state index < -0.39 is 0 Å². The summed E-state index contributed by atoms with van der Waals surface area (Å²) in [5.41, 5.74) is 7.80. The van der Waals surface area contributed by atoms with Crippen LogP contribution in [0.1, 0.15) is 12.0 Å². The van der Waals surface area contributed by atoms with Gasteiger partial charge in [-0.3, -0.25) is 0 Å². The summed E-state index contributed by atoms with van der Waals surface area (Å²) in [5.74, 6) is 0.743. The molecule has 1 aromatic rings. The van der Waals surface area contributed by atoms with Crippen LogP contribution in [-0.2, 0) is 11.2 Å². The van der Waals surface area contributed by atoms with Crippen molar-refractivity contribution in [3.8, 4) is 5.75 Å². The predicted molar refractivity (Wildman–Crippen MR) is 70.5 cm³/mol. The Bertz CT molecular complexity index is 329. The van der Waals surface area contributed by atoms with E-state index in [1.165, 1.54) is 5.56 Å². The summed E-state index contributed by atoms with van der Waals surface area (Å²) < 4.78 is 10.1. The molecule has 0 saturated heterocycles. The maximum Gasteiger partial charge on any atom is 0.141 e. The van der Waals surface area contributed by atoms with Crippen LogP contribution in [0.5, 0.6) is 5.75 Å². The fraction of sp³-hybridized carbons (Fsp3) is 0.538. The van der Waals surface area contributed by atoms with Crippen molar-refractivity contribution >= 4 is 5.69 Å². The summed E-state index contributed by atoms with van der Waals surface area (Å²) in [6.07, 6.45) is 2.11. The molecule has 0 aliphatic rings. The molecular formula is C13H22N2O2. The lowest BCUT2D eigenvalue weighted by Crippen LogP contribution is -2.20. The van der Waals surface area contributed by atoms with Crippen LogP contribution in [0.2, 0.25) is 0 Å². The topological polar surface area (TPSA) is 56.5 Å². The molecule has 0 amide bonds. The molecule has 0 aromatic heterocycles. The summed E-state index contributed by atoms with van der Waals surface area (Å²) in [4.78, 5) is 0. The zero-order valence-corrected chi connectivity index (χ0v) is 10.7. The Labute approximate surface area is 103 Å². The van der Waals surface area contributed by atoms with Crippen LogP contribution in [0.4, 0.5) is 5.69 Å². The minimum atomic E-state index is 0.706. The SMILES string of the molecule is COCCNCCCc1ccc(OC)c(N)c1. The molecule has 0 fully saturated rings. The van der Waals surface area contributed by atoms with Gasteiger partial charge in [-0.15, -0.1) is 0 Å². The van der Waals surface area contributed by atoms with Gasteiger partial charge in [0.05, 0.1) is 19.4 Å². The average molecular weight is 238 g/mol. The molecule has 0 saturated carbocycles. The minimum absolute atomic E-state index is 0.706. The number of nitrogen functional groups attached to an aromatic ring is 1. The number of aryl methyl sites for hydroxylation is 1. The Morgan fingerprint density at radius 1 is 1.24 bits per heavy atom. The number of rotatable bonds is 8. The third-order valence-corrected chi connectivity index (χ3v) is 2.60. The molecule has 4 heteroatoms. The van der Waals surface area contributed by atoms with Gasteiger partial charge in [0.15, 0.2) is 0 Å². The predicted octanol–water partition coefficient (Wildman–Crippen LogP) is 1.45. The lowest BCUT2D eigenvalue weighted by Gasteiger charge is -2.07. The minimum Gasteiger partial charge on any atom is -0.495 e. The Morgan fingerprint density at radius 2 is 2.06 bits per heavy atom. The van der Waals surface area contributed by atoms with Gasteiger partial charge in [0.25, 0.3) is 0 Å². The van der Waals surface area contributed by atoms with Crippen LogP contribution in [0.25, 0.3) is 0 Å². The molecule has 0 heterocycles. The standard InChI is InChI=1S/C13H22N2O2/c1-16-9-8-15-7-3-4-11-5-6-13(17-2)12(14)10-11/h5-6,10,15H,3-4,7-9,14H2,1-2H3. The number of benzene rings is 1. The van der Waals surface area contributed by atoms with Gasteiger partial charge in [-0.1, -0.05) is 6.07 Å². The number of methoxy groups -OCH3 is 2. The van der Waals surface area contributed by atoms with Crippen molar-refractivity contribution in [3.63, 3.8) is 0 Å². The first-order valence-electron chi connectivity index (χ1n) is 5.90. The molecule has 0 unspecified atom stereocenters. The van der Waals surface area contributed by atoms with Gasteiger partial charge in [0, 0.05) is 13.7 Å². The van der Waals surface area contributed by atoms with Gasteiger partial charge < -0.3 is 20.5 Å². The monoisotopic (exact) mass is 238 g/mol. The van der Waals surface area contributed by atoms with Crippen molar-refractivity contribution in [3.05, 3.63) is 23.8 Å². The number of hydrogen-bond donors (Lipinski definition) is 2. The highest BCUT2D eigenvalue weighted by Crippen LogP contribution is 2.22. The van der Waals surface area contributed by atoms with Crippen LogP contribution >= 0.6 is 0 Å². The molecule has 0 aliphatic heterocycles. The Balaban J connectivity index is 2.25. The Morgan fingerprint density at radius 3 is 2.71 bits per heavy atom. The molecule has 0 radical (unpaired) electrons. The van der Waals surface area contributed by atoms with Gasteiger partial charge >= 0.3 is 0 Å². The maximum absolute atomic E-state index is 5.84. The zero-order chi connectivity index (χ0) is 12.5. The second-order valence-electron chi connectivity index (χ2n) is 3.92. The van der Waals surface area contributed by atoms with Gasteiger partial charge in [0.2, 0.25) is 0 Å². The van der Waals surface area contributed by atoms with E-state index in [-0.39, 0.29) is 0 Å². The summed E-state index contributed by atoms with van der Waals surface area (Å²) >= 11 is 0. The Kier molecular flexibility index (Phi) is 6.43. The fourth-order valence-electron chi connectivity index (χ4n) is 1.66. The van der Waals surface area contributed by atoms with E-state index in [0.29, 0.717) is 5.69 Å². The molecule has 0 bridgehead atoms. The summed E-state index contributed by atoms with van der Waals surface area (Å²) in [5, 5.41) is 3.31. The van der Waals surface area contributed by atoms with Crippen molar-refractivity contribution < 1.29 is 9.47 Å². The van der Waals surface area contributed by atoms with Gasteiger partial charge in [0.1, 0.15) is 5.75 Å². The first kappa shape index (κ1) is 13.8. The molecular weight excluding hydrogens is 216 g/mol. The van der Waals surface area contributed by atoms with Crippen LogP contribution in [0.3, 0.4) is 0 Å². The smallest absolute Gasteiger partial charge is 0.141 e. The zero-order valence-electron chi connectivity index (χ0n) is 10.7. The van der Waals surface area contributed by atoms with Gasteiger partial charge in [-0.2, -0.15) is 0 Å². The number of anilines is 1. The quantitative estimate of drug-likeness (QED) is 0.531. The Hall–Kier alpha value is -1.26. The fourth-order valence-corrected chi connectivity index (χ4v) is 1.66. The molecule has 17 heavy (non-hydrogen) atoms. The highest BCUT2D eigenvalue weighted by Gasteiger charge is 2.00. The van der Waals surface area contributed by atoms with Crippen LogP contribution < -0.4 is 15.8 Å². The van der Waals surface area contributed by atoms with Crippen LogP contribution in [-0.4, -0.2) is 33.9 Å². The first-order chi connectivity index (χ1) is 8.27. The summed E-state index contributed by atoms with van der Waals surface area (Å²) in [6.45, 7) is 2.66. The third-order valence-electron chi connectivity index (χ3n) is 2.60. The largest absolute Gasteiger partial charge is 0.495 e. The highest BCUT2D eigenvalue weighted by atomic mass is 16.5. The van der Waals surface area contributed by atoms with E-state index in [4.69, 9.17) is 15.2 Å². The van der Waals surface area contributed by atoms with Gasteiger partial charge in [-0.05, 0) is 37.1 Å². The maximum atomic E-state index is 5.84. The number of hydrogen-bond acceptors (Lipinski definition) is 4. The van der Waals surface area contributed by atoms with E-state index in [1.54, 1.807) is 14.2 Å². The lowest BCUT2D eigenvalue weighted by molar-refractivity contribution is 0.199. The van der Waals surface area contributed by atoms with E-state index in [1.807, 2.05) is 12.1 Å². The molecule has 96 valence electrons. The normalized spacial score (nSPS) is 10.5. The van der Waals surface area contributed by atoms with Crippen LogP contribution in [0, 0.1) is 0 Å². The van der Waals surface area contributed by atoms with Crippen molar-refractivity contribution in [2.24, 2.45) is 0 Å². The van der Waals surface area contributed by atoms with Crippen molar-refractivity contribution in [1.29, 1.82) is 0 Å². The summed E-state index contributed by atoms with van der Waals surface area (Å²) in [7, 11) is 3.34. The third kappa shape index (κ3) is 5.06. The van der Waals surface area contributed by atoms with Crippen molar-refractivity contribution in [2.75, 3.05) is 39.6 Å². The molecule has 0 atom stereocenters. The van der Waals surface area contributed by atoms with E-state index in [0.717, 1.165) is 38.3 Å². The van der Waals surface area contributed by atoms with Crippen molar-refractivity contribution in [1.82, 2.24) is 5.32 Å². The highest BCUT2D eigenvalue weighted by molar-refractivity contribution is 5.54. The van der Waals surface area contributed by atoms with E-state index in [2.05, 4.69) is 11.4 Å². The number of nitrogens with two attached hydrogens (primary N) is 1. The van der Waals surface area contributed by atoms with Crippen LogP contribution in [0.15, 0.2) is 18.2 Å². The second-order valence-corrected chi connectivity index (χ2v) is 3.92. The van der Waals surface area contributed by atoms with E-state index >= 15 is 0 Å². The van der Waals surface area contributed by atoms with Gasteiger partial charge in [-0.25, -0.2) is 0 Å². The lowest BCUT2D eigenvalue weighted by atomic mass is 10.1. The summed E-state index contributed by atoms with van der Waals surface area (Å²) in [6, 6.07) is 5.96. The van der Waals surface area contributed by atoms with E-state index in [9.17, 15) is 0 Å². The number of ether oxygens (including phenoxy) is 2. The molecule has 4 nitrogen and oxygen atoms in total.